The Morgan fingerprint density at radius 2 is 1.66 bits per heavy atom. The molecule has 1 amide bonds. The van der Waals surface area contributed by atoms with Crippen molar-refractivity contribution in [2.24, 2.45) is 5.41 Å². The molecule has 1 spiro atoms. The first-order chi connectivity index (χ1) is 14.0. The average Bonchev–Trinajstić information content (AvgIpc) is 2.74. The molecule has 0 N–H and O–H groups in total. The van der Waals surface area contributed by atoms with Gasteiger partial charge in [-0.15, -0.1) is 0 Å². The summed E-state index contributed by atoms with van der Waals surface area (Å²) in [5, 5.41) is 0. The molecule has 0 aromatic heterocycles. The Kier molecular flexibility index (Phi) is 5.68. The van der Waals surface area contributed by atoms with Crippen molar-refractivity contribution in [2.45, 2.75) is 45.7 Å². The molecule has 4 rings (SSSR count). The molecule has 3 nitrogen and oxygen atoms in total. The maximum atomic E-state index is 14.2. The summed E-state index contributed by atoms with van der Waals surface area (Å²) in [5.41, 5.74) is 2.08. The standard InChI is InChI=1S/C24H28F2N2O/c1-18-7-8-20(23(26)22(18)25)16-27-13-11-24(12-14-27)10-9-21(29)28(17-24)15-19-5-3-2-4-6-19/h2-8H,9-17H2,1H3. The molecule has 0 bridgehead atoms. The van der Waals surface area contributed by atoms with Gasteiger partial charge in [0, 0.05) is 31.6 Å². The van der Waals surface area contributed by atoms with Crippen LogP contribution in [0.25, 0.3) is 0 Å². The molecule has 2 aromatic carbocycles. The Hall–Kier alpha value is -2.27. The molecule has 2 saturated heterocycles. The Morgan fingerprint density at radius 1 is 0.931 bits per heavy atom. The SMILES string of the molecule is Cc1ccc(CN2CCC3(CCC(=O)N(Cc4ccccc4)C3)CC2)c(F)c1F. The summed E-state index contributed by atoms with van der Waals surface area (Å²) in [7, 11) is 0. The molecule has 0 atom stereocenters. The molecule has 5 heteroatoms. The number of amides is 1. The van der Waals surface area contributed by atoms with E-state index in [2.05, 4.69) is 17.0 Å². The van der Waals surface area contributed by atoms with Gasteiger partial charge in [0.05, 0.1) is 0 Å². The van der Waals surface area contributed by atoms with Crippen molar-refractivity contribution in [1.82, 2.24) is 9.80 Å². The summed E-state index contributed by atoms with van der Waals surface area (Å²) in [6.07, 6.45) is 3.51. The predicted molar refractivity (Wildman–Crippen MR) is 109 cm³/mol. The van der Waals surface area contributed by atoms with Crippen LogP contribution in [0.1, 0.15) is 42.4 Å². The van der Waals surface area contributed by atoms with Crippen molar-refractivity contribution < 1.29 is 13.6 Å². The van der Waals surface area contributed by atoms with Gasteiger partial charge in [-0.2, -0.15) is 0 Å². The van der Waals surface area contributed by atoms with Crippen LogP contribution in [0.4, 0.5) is 8.78 Å². The van der Waals surface area contributed by atoms with E-state index in [0.717, 1.165) is 44.5 Å². The third kappa shape index (κ3) is 4.35. The van der Waals surface area contributed by atoms with Gasteiger partial charge in [-0.3, -0.25) is 9.69 Å². The van der Waals surface area contributed by atoms with Gasteiger partial charge in [0.2, 0.25) is 5.91 Å². The van der Waals surface area contributed by atoms with Crippen LogP contribution >= 0.6 is 0 Å². The molecule has 0 aliphatic carbocycles. The summed E-state index contributed by atoms with van der Waals surface area (Å²) in [5.74, 6) is -1.22. The van der Waals surface area contributed by atoms with E-state index in [1.165, 1.54) is 0 Å². The number of benzene rings is 2. The van der Waals surface area contributed by atoms with E-state index < -0.39 is 11.6 Å². The normalized spacial score (nSPS) is 19.7. The van der Waals surface area contributed by atoms with E-state index in [1.54, 1.807) is 19.1 Å². The lowest BCUT2D eigenvalue weighted by molar-refractivity contribution is -0.140. The van der Waals surface area contributed by atoms with Gasteiger partial charge in [-0.05, 0) is 55.8 Å². The van der Waals surface area contributed by atoms with E-state index in [-0.39, 0.29) is 11.3 Å². The molecular formula is C24H28F2N2O. The number of halogens is 2. The highest BCUT2D eigenvalue weighted by molar-refractivity contribution is 5.77. The maximum absolute atomic E-state index is 14.2. The van der Waals surface area contributed by atoms with Crippen LogP contribution < -0.4 is 0 Å². The molecular weight excluding hydrogens is 370 g/mol. The quantitative estimate of drug-likeness (QED) is 0.747. The highest BCUT2D eigenvalue weighted by Gasteiger charge is 2.40. The smallest absolute Gasteiger partial charge is 0.222 e. The number of rotatable bonds is 4. The molecule has 2 aliphatic rings. The average molecular weight is 398 g/mol. The number of nitrogens with zero attached hydrogens (tertiary/aromatic N) is 2. The number of hydrogen-bond acceptors (Lipinski definition) is 2. The zero-order valence-electron chi connectivity index (χ0n) is 17.0. The zero-order valence-corrected chi connectivity index (χ0v) is 17.0. The minimum atomic E-state index is -0.738. The van der Waals surface area contributed by atoms with Crippen LogP contribution in [0.3, 0.4) is 0 Å². The van der Waals surface area contributed by atoms with Crippen LogP contribution in [-0.2, 0) is 17.9 Å². The van der Waals surface area contributed by atoms with Crippen LogP contribution in [0.15, 0.2) is 42.5 Å². The Labute approximate surface area is 171 Å². The molecule has 2 aromatic rings. The van der Waals surface area contributed by atoms with Crippen molar-refractivity contribution >= 4 is 5.91 Å². The fraction of sp³-hybridized carbons (Fsp3) is 0.458. The minimum Gasteiger partial charge on any atom is -0.338 e. The second kappa shape index (κ2) is 8.23. The third-order valence-electron chi connectivity index (χ3n) is 6.63. The van der Waals surface area contributed by atoms with E-state index >= 15 is 0 Å². The second-order valence-electron chi connectivity index (χ2n) is 8.68. The van der Waals surface area contributed by atoms with Crippen LogP contribution in [0.5, 0.6) is 0 Å². The number of carbonyl (C=O) groups is 1. The molecule has 2 heterocycles. The van der Waals surface area contributed by atoms with Crippen LogP contribution in [-0.4, -0.2) is 35.3 Å². The second-order valence-corrected chi connectivity index (χ2v) is 8.68. The van der Waals surface area contributed by atoms with Crippen molar-refractivity contribution in [3.63, 3.8) is 0 Å². The first-order valence-electron chi connectivity index (χ1n) is 10.4. The topological polar surface area (TPSA) is 23.6 Å². The summed E-state index contributed by atoms with van der Waals surface area (Å²) in [6.45, 7) is 5.18. The lowest BCUT2D eigenvalue weighted by Crippen LogP contribution is -2.51. The van der Waals surface area contributed by atoms with Crippen molar-refractivity contribution in [3.05, 3.63) is 70.8 Å². The van der Waals surface area contributed by atoms with Gasteiger partial charge < -0.3 is 4.90 Å². The molecule has 2 aliphatic heterocycles. The number of piperidine rings is 2. The highest BCUT2D eigenvalue weighted by Crippen LogP contribution is 2.41. The molecule has 0 radical (unpaired) electrons. The lowest BCUT2D eigenvalue weighted by atomic mass is 9.72. The summed E-state index contributed by atoms with van der Waals surface area (Å²) in [4.78, 5) is 16.7. The van der Waals surface area contributed by atoms with Crippen molar-refractivity contribution in [2.75, 3.05) is 19.6 Å². The van der Waals surface area contributed by atoms with Gasteiger partial charge in [0.1, 0.15) is 0 Å². The largest absolute Gasteiger partial charge is 0.338 e. The van der Waals surface area contributed by atoms with Gasteiger partial charge in [0.15, 0.2) is 11.6 Å². The first kappa shape index (κ1) is 20.0. The van der Waals surface area contributed by atoms with Gasteiger partial charge in [0.25, 0.3) is 0 Å². The van der Waals surface area contributed by atoms with E-state index in [1.807, 2.05) is 23.1 Å². The Balaban J connectivity index is 1.38. The summed E-state index contributed by atoms with van der Waals surface area (Å²) < 4.78 is 28.1. The fourth-order valence-corrected chi connectivity index (χ4v) is 4.69. The number of likely N-dealkylation sites (tertiary alicyclic amines) is 2. The number of hydrogen-bond donors (Lipinski definition) is 0. The zero-order chi connectivity index (χ0) is 20.4. The third-order valence-corrected chi connectivity index (χ3v) is 6.63. The molecule has 154 valence electrons. The van der Waals surface area contributed by atoms with Crippen LogP contribution in [0.2, 0.25) is 0 Å². The van der Waals surface area contributed by atoms with E-state index in [0.29, 0.717) is 30.6 Å². The van der Waals surface area contributed by atoms with Gasteiger partial charge in [-0.1, -0.05) is 42.5 Å². The lowest BCUT2D eigenvalue weighted by Gasteiger charge is -2.47. The van der Waals surface area contributed by atoms with Gasteiger partial charge in [-0.25, -0.2) is 8.78 Å². The molecule has 29 heavy (non-hydrogen) atoms. The summed E-state index contributed by atoms with van der Waals surface area (Å²) >= 11 is 0. The Bertz CT molecular complexity index is 876. The minimum absolute atomic E-state index is 0.149. The van der Waals surface area contributed by atoms with Gasteiger partial charge >= 0.3 is 0 Å². The van der Waals surface area contributed by atoms with E-state index in [9.17, 15) is 13.6 Å². The molecule has 2 fully saturated rings. The Morgan fingerprint density at radius 3 is 2.38 bits per heavy atom. The number of carbonyl (C=O) groups excluding carboxylic acids is 1. The fourth-order valence-electron chi connectivity index (χ4n) is 4.69. The predicted octanol–water partition coefficient (Wildman–Crippen LogP) is 4.68. The highest BCUT2D eigenvalue weighted by atomic mass is 19.2. The first-order valence-corrected chi connectivity index (χ1v) is 10.4. The monoisotopic (exact) mass is 398 g/mol. The maximum Gasteiger partial charge on any atom is 0.222 e. The van der Waals surface area contributed by atoms with Crippen molar-refractivity contribution in [3.8, 4) is 0 Å². The van der Waals surface area contributed by atoms with Crippen LogP contribution in [0, 0.1) is 24.0 Å². The molecule has 0 unspecified atom stereocenters. The van der Waals surface area contributed by atoms with E-state index in [4.69, 9.17) is 0 Å². The molecule has 0 saturated carbocycles. The number of aryl methyl sites for hydroxylation is 1. The van der Waals surface area contributed by atoms with Crippen molar-refractivity contribution in [1.29, 1.82) is 0 Å². The summed E-state index contributed by atoms with van der Waals surface area (Å²) in [6, 6.07) is 13.5.